The van der Waals surface area contributed by atoms with E-state index in [0.29, 0.717) is 5.57 Å². The number of esters is 1. The molecule has 0 aromatic carbocycles. The number of carbonyl (C=O) groups is 4. The molecule has 21 heavy (non-hydrogen) atoms. The lowest BCUT2D eigenvalue weighted by molar-refractivity contribution is -0.187. The van der Waals surface area contributed by atoms with E-state index in [2.05, 4.69) is 5.32 Å². The molecule has 0 bridgehead atoms. The highest BCUT2D eigenvalue weighted by Gasteiger charge is 2.53. The fourth-order valence-electron chi connectivity index (χ4n) is 1.96. The second-order valence-electron chi connectivity index (χ2n) is 4.76. The predicted octanol–water partition coefficient (Wildman–Crippen LogP) is -0.00890. The van der Waals surface area contributed by atoms with Crippen molar-refractivity contribution in [2.24, 2.45) is 0 Å². The number of β-lactam (4-membered cyclic amide) rings is 1. The summed E-state index contributed by atoms with van der Waals surface area (Å²) in [6.07, 6.45) is -0.989. The first kappa shape index (κ1) is 16.7. The van der Waals surface area contributed by atoms with E-state index in [1.165, 1.54) is 13.8 Å². The highest BCUT2D eigenvalue weighted by Crippen LogP contribution is 2.28. The van der Waals surface area contributed by atoms with Crippen molar-refractivity contribution in [3.8, 4) is 0 Å². The van der Waals surface area contributed by atoms with Crippen LogP contribution in [0.4, 0.5) is 0 Å². The SMILES string of the molecule is CCC(=O)NC1C(=O)N(C(C(=O)O)=C(C)C)C1OC(C)=O. The van der Waals surface area contributed by atoms with Crippen molar-refractivity contribution in [2.45, 2.75) is 46.4 Å². The number of carbonyl (C=O) groups excluding carboxylic acids is 3. The molecule has 1 heterocycles. The van der Waals surface area contributed by atoms with E-state index in [0.717, 1.165) is 11.8 Å². The molecule has 116 valence electrons. The maximum Gasteiger partial charge on any atom is 0.352 e. The molecule has 1 fully saturated rings. The van der Waals surface area contributed by atoms with Crippen molar-refractivity contribution in [2.75, 3.05) is 0 Å². The Bertz CT molecular complexity index is 521. The normalized spacial score (nSPS) is 20.4. The third kappa shape index (κ3) is 3.39. The number of allylic oxidation sites excluding steroid dienone is 1. The van der Waals surface area contributed by atoms with E-state index < -0.39 is 30.1 Å². The summed E-state index contributed by atoms with van der Waals surface area (Å²) >= 11 is 0. The summed E-state index contributed by atoms with van der Waals surface area (Å²) in [6, 6.07) is -1.06. The van der Waals surface area contributed by atoms with Gasteiger partial charge >= 0.3 is 11.9 Å². The molecule has 2 atom stereocenters. The molecule has 2 unspecified atom stereocenters. The molecule has 0 aromatic heterocycles. The van der Waals surface area contributed by atoms with E-state index in [4.69, 9.17) is 4.74 Å². The highest BCUT2D eigenvalue weighted by atomic mass is 16.6. The lowest BCUT2D eigenvalue weighted by Gasteiger charge is -2.45. The molecule has 0 saturated carbocycles. The fourth-order valence-corrected chi connectivity index (χ4v) is 1.96. The number of nitrogens with one attached hydrogen (secondary N) is 1. The van der Waals surface area contributed by atoms with Crippen molar-refractivity contribution in [1.82, 2.24) is 10.2 Å². The Kier molecular flexibility index (Phi) is 5.07. The van der Waals surface area contributed by atoms with Gasteiger partial charge in [-0.2, -0.15) is 0 Å². The molecule has 0 aliphatic carbocycles. The smallest absolute Gasteiger partial charge is 0.352 e. The van der Waals surface area contributed by atoms with Crippen molar-refractivity contribution < 1.29 is 29.0 Å². The minimum Gasteiger partial charge on any atom is -0.477 e. The largest absolute Gasteiger partial charge is 0.477 e. The van der Waals surface area contributed by atoms with Crippen LogP contribution < -0.4 is 5.32 Å². The lowest BCUT2D eigenvalue weighted by Crippen LogP contribution is -2.71. The average Bonchev–Trinajstić information content (AvgIpc) is 2.38. The zero-order valence-corrected chi connectivity index (χ0v) is 12.3. The zero-order valence-electron chi connectivity index (χ0n) is 12.3. The molecule has 8 heteroatoms. The number of ether oxygens (including phenoxy) is 1. The molecule has 0 spiro atoms. The number of nitrogens with zero attached hydrogens (tertiary/aromatic N) is 1. The predicted molar refractivity (Wildman–Crippen MR) is 70.6 cm³/mol. The van der Waals surface area contributed by atoms with Crippen LogP contribution >= 0.6 is 0 Å². The second-order valence-corrected chi connectivity index (χ2v) is 4.76. The maximum atomic E-state index is 12.1. The number of likely N-dealkylation sites (tertiary alicyclic amines) is 1. The van der Waals surface area contributed by atoms with Gasteiger partial charge in [-0.1, -0.05) is 6.92 Å². The molecule has 1 rings (SSSR count). The van der Waals surface area contributed by atoms with Gasteiger partial charge in [0.2, 0.25) is 12.1 Å². The van der Waals surface area contributed by atoms with Crippen LogP contribution in [-0.2, 0) is 23.9 Å². The molecule has 8 nitrogen and oxygen atoms in total. The van der Waals surface area contributed by atoms with Gasteiger partial charge in [0, 0.05) is 13.3 Å². The van der Waals surface area contributed by atoms with Crippen LogP contribution in [0.15, 0.2) is 11.3 Å². The number of hydrogen-bond acceptors (Lipinski definition) is 5. The number of carboxylic acid groups (broad SMARTS) is 1. The number of aliphatic carboxylic acids is 1. The monoisotopic (exact) mass is 298 g/mol. The fraction of sp³-hybridized carbons (Fsp3) is 0.538. The van der Waals surface area contributed by atoms with Crippen LogP contribution in [0.2, 0.25) is 0 Å². The average molecular weight is 298 g/mol. The Morgan fingerprint density at radius 2 is 1.86 bits per heavy atom. The van der Waals surface area contributed by atoms with E-state index in [-0.39, 0.29) is 18.0 Å². The number of carboxylic acids is 1. The van der Waals surface area contributed by atoms with Gasteiger partial charge in [0.05, 0.1) is 0 Å². The lowest BCUT2D eigenvalue weighted by atomic mass is 10.0. The number of rotatable bonds is 5. The first-order chi connectivity index (χ1) is 9.70. The van der Waals surface area contributed by atoms with E-state index >= 15 is 0 Å². The second kappa shape index (κ2) is 6.38. The molecule has 0 radical (unpaired) electrons. The number of amides is 2. The standard InChI is InChI=1S/C13H18N2O6/c1-5-8(17)14-9-11(18)15(12(9)21-7(4)16)10(6(2)3)13(19)20/h9,12H,5H2,1-4H3,(H,14,17)(H,19,20). The number of hydrogen-bond donors (Lipinski definition) is 2. The van der Waals surface area contributed by atoms with Gasteiger partial charge in [0.15, 0.2) is 6.04 Å². The molecule has 1 saturated heterocycles. The Morgan fingerprint density at radius 1 is 1.29 bits per heavy atom. The van der Waals surface area contributed by atoms with Crippen LogP contribution in [0, 0.1) is 0 Å². The summed E-state index contributed by atoms with van der Waals surface area (Å²) in [6.45, 7) is 5.80. The van der Waals surface area contributed by atoms with Crippen molar-refractivity contribution >= 4 is 23.8 Å². The molecule has 2 N–H and O–H groups in total. The van der Waals surface area contributed by atoms with Gasteiger partial charge in [-0.3, -0.25) is 19.3 Å². The maximum absolute atomic E-state index is 12.1. The quantitative estimate of drug-likeness (QED) is 0.419. The van der Waals surface area contributed by atoms with Gasteiger partial charge in [-0.05, 0) is 19.4 Å². The summed E-state index contributed by atoms with van der Waals surface area (Å²) in [4.78, 5) is 46.7. The molecular formula is C13H18N2O6. The van der Waals surface area contributed by atoms with Crippen LogP contribution in [0.5, 0.6) is 0 Å². The molecule has 1 aliphatic heterocycles. The van der Waals surface area contributed by atoms with Crippen molar-refractivity contribution in [1.29, 1.82) is 0 Å². The Hall–Kier alpha value is -2.38. The summed E-state index contributed by atoms with van der Waals surface area (Å²) in [5.41, 5.74) is 0.126. The van der Waals surface area contributed by atoms with E-state index in [9.17, 15) is 24.3 Å². The van der Waals surface area contributed by atoms with Gasteiger partial charge in [0.1, 0.15) is 5.70 Å². The van der Waals surface area contributed by atoms with Gasteiger partial charge in [-0.15, -0.1) is 0 Å². The minimum atomic E-state index is -1.30. The van der Waals surface area contributed by atoms with Crippen LogP contribution in [-0.4, -0.2) is 46.0 Å². The third-order valence-corrected chi connectivity index (χ3v) is 2.88. The highest BCUT2D eigenvalue weighted by molar-refractivity contribution is 6.01. The molecular weight excluding hydrogens is 280 g/mol. The molecule has 2 amide bonds. The van der Waals surface area contributed by atoms with E-state index in [1.807, 2.05) is 0 Å². The summed E-state index contributed by atoms with van der Waals surface area (Å²) in [5, 5.41) is 11.6. The van der Waals surface area contributed by atoms with Gasteiger partial charge in [-0.25, -0.2) is 4.79 Å². The summed E-state index contributed by atoms with van der Waals surface area (Å²) < 4.78 is 4.96. The summed E-state index contributed by atoms with van der Waals surface area (Å²) in [7, 11) is 0. The Morgan fingerprint density at radius 3 is 2.24 bits per heavy atom. The first-order valence-electron chi connectivity index (χ1n) is 6.41. The van der Waals surface area contributed by atoms with Crippen LogP contribution in [0.3, 0.4) is 0 Å². The van der Waals surface area contributed by atoms with Crippen LogP contribution in [0.25, 0.3) is 0 Å². The molecule has 1 aliphatic rings. The van der Waals surface area contributed by atoms with E-state index in [1.54, 1.807) is 6.92 Å². The van der Waals surface area contributed by atoms with Crippen molar-refractivity contribution in [3.63, 3.8) is 0 Å². The Balaban J connectivity index is 3.07. The molecule has 0 aromatic rings. The zero-order chi connectivity index (χ0) is 16.3. The first-order valence-corrected chi connectivity index (χ1v) is 6.41. The van der Waals surface area contributed by atoms with Gasteiger partial charge in [0.25, 0.3) is 5.91 Å². The minimum absolute atomic E-state index is 0.158. The topological polar surface area (TPSA) is 113 Å². The van der Waals surface area contributed by atoms with Gasteiger partial charge < -0.3 is 15.2 Å². The Labute approximate surface area is 121 Å². The third-order valence-electron chi connectivity index (χ3n) is 2.88. The van der Waals surface area contributed by atoms with Crippen molar-refractivity contribution in [3.05, 3.63) is 11.3 Å². The van der Waals surface area contributed by atoms with Crippen LogP contribution in [0.1, 0.15) is 34.1 Å². The summed E-state index contributed by atoms with van der Waals surface area (Å²) in [5.74, 6) is -2.99.